The van der Waals surface area contributed by atoms with Crippen LogP contribution in [0.4, 0.5) is 5.95 Å². The van der Waals surface area contributed by atoms with Gasteiger partial charge in [0.1, 0.15) is 11.5 Å². The van der Waals surface area contributed by atoms with Crippen molar-refractivity contribution in [1.82, 2.24) is 9.55 Å². The number of anilines is 1. The monoisotopic (exact) mass is 497 g/mol. The maximum absolute atomic E-state index is 14.0. The molecule has 2 heterocycles. The molecule has 37 heavy (non-hydrogen) atoms. The number of hydrogen-bond donors (Lipinski definition) is 0. The molecule has 0 bridgehead atoms. The summed E-state index contributed by atoms with van der Waals surface area (Å²) in [7, 11) is 0. The van der Waals surface area contributed by atoms with E-state index in [4.69, 9.17) is 14.5 Å². The van der Waals surface area contributed by atoms with Gasteiger partial charge in [-0.3, -0.25) is 14.5 Å². The van der Waals surface area contributed by atoms with Crippen LogP contribution in [0.5, 0.6) is 11.5 Å². The normalized spacial score (nSPS) is 17.0. The topological polar surface area (TPSA) is 73.7 Å². The minimum Gasteiger partial charge on any atom is -0.465 e. The van der Waals surface area contributed by atoms with Crippen LogP contribution in [-0.2, 0) is 14.3 Å². The second-order valence-corrected chi connectivity index (χ2v) is 9.13. The molecule has 0 saturated carbocycles. The maximum Gasteiger partial charge on any atom is 0.321 e. The largest absolute Gasteiger partial charge is 0.465 e. The van der Waals surface area contributed by atoms with Gasteiger partial charge >= 0.3 is 5.97 Å². The Kier molecular flexibility index (Phi) is 7.21. The Hall–Kier alpha value is -4.13. The van der Waals surface area contributed by atoms with Gasteiger partial charge in [0.25, 0.3) is 0 Å². The quantitative estimate of drug-likeness (QED) is 0.158. The number of fused-ring (bicyclic) bond motifs is 3. The summed E-state index contributed by atoms with van der Waals surface area (Å²) in [6.07, 6.45) is 2.83. The van der Waals surface area contributed by atoms with Crippen molar-refractivity contribution in [2.75, 3.05) is 18.1 Å². The summed E-state index contributed by atoms with van der Waals surface area (Å²) >= 11 is 0. The standard InChI is InChI=1S/C30H31N3O4/c1-3-5-11-19-32-28(34)26(29(35)36-4-2)27(33-25-18-10-9-17-24(25)31-30(32)33)21-13-12-16-23(20-21)37-22-14-7-6-8-15-22/h6-10,12-18,20,26-27H,3-5,11,19H2,1-2H3/t26-,27+/m0/s1. The van der Waals surface area contributed by atoms with E-state index in [0.717, 1.165) is 35.9 Å². The molecule has 4 aromatic rings. The molecule has 1 aromatic heterocycles. The molecule has 2 atom stereocenters. The number of carbonyl (C=O) groups excluding carboxylic acids is 2. The van der Waals surface area contributed by atoms with Gasteiger partial charge in [0.2, 0.25) is 11.9 Å². The number of carbonyl (C=O) groups is 2. The molecular formula is C30H31N3O4. The number of nitrogens with zero attached hydrogens (tertiary/aromatic N) is 3. The first-order valence-electron chi connectivity index (χ1n) is 12.9. The highest BCUT2D eigenvalue weighted by Gasteiger charge is 2.47. The lowest BCUT2D eigenvalue weighted by atomic mass is 9.89. The van der Waals surface area contributed by atoms with E-state index in [1.807, 2.05) is 83.4 Å². The fourth-order valence-corrected chi connectivity index (χ4v) is 4.97. The third-order valence-electron chi connectivity index (χ3n) is 6.65. The van der Waals surface area contributed by atoms with E-state index in [1.165, 1.54) is 0 Å². The number of benzene rings is 3. The molecule has 7 nitrogen and oxygen atoms in total. The molecule has 190 valence electrons. The number of amides is 1. The van der Waals surface area contributed by atoms with E-state index in [2.05, 4.69) is 6.92 Å². The van der Waals surface area contributed by atoms with Crippen LogP contribution >= 0.6 is 0 Å². The summed E-state index contributed by atoms with van der Waals surface area (Å²) in [6.45, 7) is 4.57. The number of imidazole rings is 1. The Morgan fingerprint density at radius 1 is 0.919 bits per heavy atom. The Morgan fingerprint density at radius 2 is 1.68 bits per heavy atom. The van der Waals surface area contributed by atoms with Crippen molar-refractivity contribution in [2.45, 2.75) is 39.2 Å². The van der Waals surface area contributed by atoms with Crippen LogP contribution in [0.3, 0.4) is 0 Å². The summed E-state index contributed by atoms with van der Waals surface area (Å²) in [4.78, 5) is 33.9. The molecule has 3 aromatic carbocycles. The lowest BCUT2D eigenvalue weighted by Crippen LogP contribution is -2.50. The molecular weight excluding hydrogens is 466 g/mol. The highest BCUT2D eigenvalue weighted by Crippen LogP contribution is 2.42. The van der Waals surface area contributed by atoms with Crippen molar-refractivity contribution in [1.29, 1.82) is 0 Å². The van der Waals surface area contributed by atoms with Crippen molar-refractivity contribution in [3.05, 3.63) is 84.4 Å². The first-order chi connectivity index (χ1) is 18.1. The second kappa shape index (κ2) is 10.9. The minimum atomic E-state index is -1.04. The van der Waals surface area contributed by atoms with Crippen LogP contribution in [0.15, 0.2) is 78.9 Å². The van der Waals surface area contributed by atoms with Gasteiger partial charge in [-0.15, -0.1) is 0 Å². The first-order valence-corrected chi connectivity index (χ1v) is 12.9. The van der Waals surface area contributed by atoms with Crippen LogP contribution in [0.2, 0.25) is 0 Å². The van der Waals surface area contributed by atoms with Crippen LogP contribution in [0.25, 0.3) is 11.0 Å². The van der Waals surface area contributed by atoms with Gasteiger partial charge in [0.15, 0.2) is 5.92 Å². The Balaban J connectivity index is 1.66. The molecule has 0 aliphatic carbocycles. The van der Waals surface area contributed by atoms with Gasteiger partial charge in [-0.1, -0.05) is 62.2 Å². The molecule has 0 saturated heterocycles. The Morgan fingerprint density at radius 3 is 2.46 bits per heavy atom. The van der Waals surface area contributed by atoms with E-state index in [1.54, 1.807) is 11.8 Å². The third kappa shape index (κ3) is 4.81. The smallest absolute Gasteiger partial charge is 0.321 e. The van der Waals surface area contributed by atoms with Gasteiger partial charge in [-0.05, 0) is 55.3 Å². The third-order valence-corrected chi connectivity index (χ3v) is 6.65. The molecule has 1 amide bonds. The molecule has 0 spiro atoms. The lowest BCUT2D eigenvalue weighted by Gasteiger charge is -2.38. The minimum absolute atomic E-state index is 0.194. The summed E-state index contributed by atoms with van der Waals surface area (Å²) in [5.74, 6) is 0.0284. The summed E-state index contributed by atoms with van der Waals surface area (Å²) in [6, 6.07) is 24.2. The number of ether oxygens (including phenoxy) is 2. The lowest BCUT2D eigenvalue weighted by molar-refractivity contribution is -0.153. The van der Waals surface area contributed by atoms with Crippen molar-refractivity contribution in [3.63, 3.8) is 0 Å². The summed E-state index contributed by atoms with van der Waals surface area (Å²) in [5, 5.41) is 0. The van der Waals surface area contributed by atoms with Gasteiger partial charge in [-0.2, -0.15) is 0 Å². The van der Waals surface area contributed by atoms with Crippen molar-refractivity contribution in [2.24, 2.45) is 5.92 Å². The molecule has 1 aliphatic rings. The molecule has 1 aliphatic heterocycles. The zero-order valence-electron chi connectivity index (χ0n) is 21.2. The number of aromatic nitrogens is 2. The van der Waals surface area contributed by atoms with Crippen LogP contribution < -0.4 is 9.64 Å². The molecule has 5 rings (SSSR count). The van der Waals surface area contributed by atoms with E-state index < -0.39 is 17.9 Å². The summed E-state index contributed by atoms with van der Waals surface area (Å²) < 4.78 is 13.6. The van der Waals surface area contributed by atoms with Gasteiger partial charge in [-0.25, -0.2) is 4.98 Å². The van der Waals surface area contributed by atoms with Crippen LogP contribution in [0, 0.1) is 5.92 Å². The van der Waals surface area contributed by atoms with Crippen LogP contribution in [-0.4, -0.2) is 34.6 Å². The molecule has 0 radical (unpaired) electrons. The molecule has 7 heteroatoms. The van der Waals surface area contributed by atoms with Gasteiger partial charge in [0, 0.05) is 6.54 Å². The average molecular weight is 498 g/mol. The maximum atomic E-state index is 14.0. The fraction of sp³-hybridized carbons (Fsp3) is 0.300. The Bertz CT molecular complexity index is 1400. The predicted molar refractivity (Wildman–Crippen MR) is 143 cm³/mol. The average Bonchev–Trinajstić information content (AvgIpc) is 3.29. The van der Waals surface area contributed by atoms with E-state index in [-0.39, 0.29) is 12.5 Å². The first kappa shape index (κ1) is 24.6. The number of rotatable bonds is 9. The van der Waals surface area contributed by atoms with E-state index >= 15 is 0 Å². The number of unbranched alkanes of at least 4 members (excludes halogenated alkanes) is 2. The van der Waals surface area contributed by atoms with Crippen molar-refractivity contribution in [3.8, 4) is 11.5 Å². The predicted octanol–water partition coefficient (Wildman–Crippen LogP) is 6.13. The molecule has 0 unspecified atom stereocenters. The fourth-order valence-electron chi connectivity index (χ4n) is 4.97. The molecule has 0 fully saturated rings. The van der Waals surface area contributed by atoms with Gasteiger partial charge in [0.05, 0.1) is 23.7 Å². The van der Waals surface area contributed by atoms with Gasteiger partial charge < -0.3 is 14.0 Å². The highest BCUT2D eigenvalue weighted by molar-refractivity contribution is 6.08. The molecule has 0 N–H and O–H groups in total. The zero-order chi connectivity index (χ0) is 25.8. The number of esters is 1. The number of hydrogen-bond acceptors (Lipinski definition) is 5. The van der Waals surface area contributed by atoms with Crippen LogP contribution in [0.1, 0.15) is 44.7 Å². The number of para-hydroxylation sites is 3. The second-order valence-electron chi connectivity index (χ2n) is 9.13. The highest BCUT2D eigenvalue weighted by atomic mass is 16.5. The van der Waals surface area contributed by atoms with E-state index in [0.29, 0.717) is 24.0 Å². The van der Waals surface area contributed by atoms with Crippen molar-refractivity contribution < 1.29 is 19.1 Å². The van der Waals surface area contributed by atoms with Crippen molar-refractivity contribution >= 4 is 28.9 Å². The zero-order valence-corrected chi connectivity index (χ0v) is 21.2. The van der Waals surface area contributed by atoms with E-state index in [9.17, 15) is 9.59 Å². The Labute approximate surface area is 216 Å². The SMILES string of the molecule is CCCCCN1C(=O)[C@@H](C(=O)OCC)[C@@H](c2cccc(Oc3ccccc3)c2)n2c1nc1ccccc12. The summed E-state index contributed by atoms with van der Waals surface area (Å²) in [5.41, 5.74) is 2.41.